The van der Waals surface area contributed by atoms with E-state index in [-0.39, 0.29) is 5.60 Å². The number of ether oxygens (including phenoxy) is 2. The number of hydrogen-bond acceptors (Lipinski definition) is 3. The van der Waals surface area contributed by atoms with Crippen LogP contribution in [0.4, 0.5) is 0 Å². The van der Waals surface area contributed by atoms with Crippen molar-refractivity contribution in [2.24, 2.45) is 17.6 Å². The van der Waals surface area contributed by atoms with Crippen molar-refractivity contribution in [3.05, 3.63) is 0 Å². The summed E-state index contributed by atoms with van der Waals surface area (Å²) in [5.74, 6) is 1.41. The fourth-order valence-corrected chi connectivity index (χ4v) is 3.28. The Bertz CT molecular complexity index is 243. The smallest absolute Gasteiger partial charge is 0.0729 e. The summed E-state index contributed by atoms with van der Waals surface area (Å²) in [6.45, 7) is 7.15. The first-order chi connectivity index (χ1) is 8.61. The van der Waals surface area contributed by atoms with Crippen LogP contribution in [0.15, 0.2) is 0 Å². The van der Waals surface area contributed by atoms with Gasteiger partial charge in [-0.25, -0.2) is 0 Å². The molecule has 3 heteroatoms. The number of hydrogen-bond donors (Lipinski definition) is 1. The van der Waals surface area contributed by atoms with Crippen molar-refractivity contribution in [1.82, 2.24) is 0 Å². The predicted octanol–water partition coefficient (Wildman–Crippen LogP) is 2.73. The first kappa shape index (κ1) is 14.3. The van der Waals surface area contributed by atoms with Crippen LogP contribution < -0.4 is 5.73 Å². The molecule has 0 aromatic carbocycles. The molecule has 2 N–H and O–H groups in total. The van der Waals surface area contributed by atoms with Crippen molar-refractivity contribution in [1.29, 1.82) is 0 Å². The zero-order chi connectivity index (χ0) is 13.0. The van der Waals surface area contributed by atoms with E-state index in [9.17, 15) is 0 Å². The molecule has 0 aliphatic carbocycles. The molecule has 2 heterocycles. The molecule has 2 fully saturated rings. The van der Waals surface area contributed by atoms with E-state index in [1.165, 1.54) is 6.42 Å². The Hall–Kier alpha value is -0.120. The van der Waals surface area contributed by atoms with Crippen LogP contribution in [0.2, 0.25) is 0 Å². The highest BCUT2D eigenvalue weighted by Crippen LogP contribution is 2.38. The Balaban J connectivity index is 1.85. The molecule has 2 aliphatic heterocycles. The molecule has 0 bridgehead atoms. The third-order valence-corrected chi connectivity index (χ3v) is 4.62. The summed E-state index contributed by atoms with van der Waals surface area (Å²) in [5.41, 5.74) is 6.49. The van der Waals surface area contributed by atoms with Crippen molar-refractivity contribution in [2.75, 3.05) is 19.8 Å². The Morgan fingerprint density at radius 2 is 1.89 bits per heavy atom. The van der Waals surface area contributed by atoms with Crippen LogP contribution in [-0.4, -0.2) is 31.5 Å². The van der Waals surface area contributed by atoms with Gasteiger partial charge >= 0.3 is 0 Å². The third-order valence-electron chi connectivity index (χ3n) is 4.62. The van der Waals surface area contributed by atoms with Crippen LogP contribution in [-0.2, 0) is 9.47 Å². The minimum absolute atomic E-state index is 0.0939. The Morgan fingerprint density at radius 1 is 1.17 bits per heavy atom. The first-order valence-corrected chi connectivity index (χ1v) is 7.59. The van der Waals surface area contributed by atoms with Crippen LogP contribution in [0.5, 0.6) is 0 Å². The number of nitrogens with two attached hydrogens (primary N) is 1. The van der Waals surface area contributed by atoms with Crippen LogP contribution in [0.25, 0.3) is 0 Å². The normalized spacial score (nSPS) is 29.7. The molecule has 106 valence electrons. The molecule has 2 saturated heterocycles. The van der Waals surface area contributed by atoms with Gasteiger partial charge in [-0.1, -0.05) is 13.8 Å². The molecule has 0 radical (unpaired) electrons. The fraction of sp³-hybridized carbons (Fsp3) is 1.00. The second-order valence-electron chi connectivity index (χ2n) is 6.53. The van der Waals surface area contributed by atoms with Gasteiger partial charge in [0.05, 0.1) is 5.60 Å². The van der Waals surface area contributed by atoms with Gasteiger partial charge in [0.25, 0.3) is 0 Å². The standard InChI is InChI=1S/C15H29NO2/c1-12(2)3-4-14(16)13-5-8-18-15(11-13)6-9-17-10-7-15/h12-14H,3-11,16H2,1-2H3. The van der Waals surface area contributed by atoms with Crippen LogP contribution in [0.1, 0.15) is 52.4 Å². The van der Waals surface area contributed by atoms with Crippen molar-refractivity contribution < 1.29 is 9.47 Å². The molecule has 2 rings (SSSR count). The van der Waals surface area contributed by atoms with E-state index in [2.05, 4.69) is 13.8 Å². The van der Waals surface area contributed by atoms with Crippen molar-refractivity contribution >= 4 is 0 Å². The monoisotopic (exact) mass is 255 g/mol. The van der Waals surface area contributed by atoms with Gasteiger partial charge in [0, 0.05) is 25.9 Å². The maximum atomic E-state index is 6.40. The van der Waals surface area contributed by atoms with Crippen molar-refractivity contribution in [3.8, 4) is 0 Å². The summed E-state index contributed by atoms with van der Waals surface area (Å²) in [4.78, 5) is 0. The molecule has 1 spiro atoms. The Morgan fingerprint density at radius 3 is 2.56 bits per heavy atom. The maximum Gasteiger partial charge on any atom is 0.0729 e. The highest BCUT2D eigenvalue weighted by atomic mass is 16.5. The van der Waals surface area contributed by atoms with Gasteiger partial charge in [-0.05, 0) is 50.4 Å². The molecule has 18 heavy (non-hydrogen) atoms. The molecule has 0 saturated carbocycles. The molecular weight excluding hydrogens is 226 g/mol. The topological polar surface area (TPSA) is 44.5 Å². The summed E-state index contributed by atoms with van der Waals surface area (Å²) >= 11 is 0. The van der Waals surface area contributed by atoms with E-state index in [1.807, 2.05) is 0 Å². The fourth-order valence-electron chi connectivity index (χ4n) is 3.28. The van der Waals surface area contributed by atoms with E-state index in [1.54, 1.807) is 0 Å². The average Bonchev–Trinajstić information content (AvgIpc) is 2.37. The summed E-state index contributed by atoms with van der Waals surface area (Å²) in [6.07, 6.45) is 6.81. The molecule has 0 amide bonds. The lowest BCUT2D eigenvalue weighted by Gasteiger charge is -2.44. The van der Waals surface area contributed by atoms with Crippen molar-refractivity contribution in [3.63, 3.8) is 0 Å². The minimum Gasteiger partial charge on any atom is -0.381 e. The molecule has 2 aliphatic rings. The van der Waals surface area contributed by atoms with E-state index >= 15 is 0 Å². The van der Waals surface area contributed by atoms with Gasteiger partial charge in [0.15, 0.2) is 0 Å². The van der Waals surface area contributed by atoms with E-state index in [4.69, 9.17) is 15.2 Å². The lowest BCUT2D eigenvalue weighted by molar-refractivity contribution is -0.149. The maximum absolute atomic E-state index is 6.40. The third kappa shape index (κ3) is 3.69. The highest BCUT2D eigenvalue weighted by Gasteiger charge is 2.40. The molecular formula is C15H29NO2. The quantitative estimate of drug-likeness (QED) is 0.840. The molecule has 0 aromatic rings. The molecule has 0 aromatic heterocycles. The van der Waals surface area contributed by atoms with E-state index in [0.717, 1.165) is 57.8 Å². The summed E-state index contributed by atoms with van der Waals surface area (Å²) in [7, 11) is 0. The predicted molar refractivity (Wildman–Crippen MR) is 73.5 cm³/mol. The number of rotatable bonds is 4. The van der Waals surface area contributed by atoms with Crippen LogP contribution in [0.3, 0.4) is 0 Å². The lowest BCUT2D eigenvalue weighted by atomic mass is 9.77. The summed E-state index contributed by atoms with van der Waals surface area (Å²) < 4.78 is 11.5. The second-order valence-corrected chi connectivity index (χ2v) is 6.53. The Kier molecular flexibility index (Phi) is 5.05. The average molecular weight is 255 g/mol. The highest BCUT2D eigenvalue weighted by molar-refractivity contribution is 4.91. The largest absolute Gasteiger partial charge is 0.381 e. The van der Waals surface area contributed by atoms with Gasteiger partial charge < -0.3 is 15.2 Å². The summed E-state index contributed by atoms with van der Waals surface area (Å²) in [5, 5.41) is 0. The molecule has 2 unspecified atom stereocenters. The molecule has 2 atom stereocenters. The first-order valence-electron chi connectivity index (χ1n) is 7.59. The summed E-state index contributed by atoms with van der Waals surface area (Å²) in [6, 6.07) is 0.357. The zero-order valence-corrected chi connectivity index (χ0v) is 12.0. The van der Waals surface area contributed by atoms with Crippen LogP contribution in [0, 0.1) is 11.8 Å². The van der Waals surface area contributed by atoms with Crippen LogP contribution >= 0.6 is 0 Å². The van der Waals surface area contributed by atoms with Gasteiger partial charge in [0.2, 0.25) is 0 Å². The van der Waals surface area contributed by atoms with Gasteiger partial charge in [-0.2, -0.15) is 0 Å². The Labute approximate surface area is 111 Å². The zero-order valence-electron chi connectivity index (χ0n) is 12.0. The van der Waals surface area contributed by atoms with Gasteiger partial charge in [-0.3, -0.25) is 0 Å². The van der Waals surface area contributed by atoms with Crippen molar-refractivity contribution in [2.45, 2.75) is 64.0 Å². The van der Waals surface area contributed by atoms with Gasteiger partial charge in [-0.15, -0.1) is 0 Å². The van der Waals surface area contributed by atoms with Gasteiger partial charge in [0.1, 0.15) is 0 Å². The van der Waals surface area contributed by atoms with E-state index < -0.39 is 0 Å². The molecule has 3 nitrogen and oxygen atoms in total. The minimum atomic E-state index is 0.0939. The van der Waals surface area contributed by atoms with E-state index in [0.29, 0.717) is 12.0 Å². The second kappa shape index (κ2) is 6.36. The lowest BCUT2D eigenvalue weighted by Crippen LogP contribution is -2.48. The SMILES string of the molecule is CC(C)CCC(N)C1CCOC2(CCOCC2)C1.